The number of anilines is 1. The highest BCUT2D eigenvalue weighted by Crippen LogP contribution is 2.36. The predicted molar refractivity (Wildman–Crippen MR) is 95.1 cm³/mol. The van der Waals surface area contributed by atoms with Crippen molar-refractivity contribution >= 4 is 23.5 Å². The van der Waals surface area contributed by atoms with Gasteiger partial charge in [0.05, 0.1) is 12.1 Å². The molecular weight excluding hydrogens is 338 g/mol. The summed E-state index contributed by atoms with van der Waals surface area (Å²) in [6.07, 6.45) is 3.03. The third-order valence-electron chi connectivity index (χ3n) is 5.10. The second-order valence-electron chi connectivity index (χ2n) is 6.73. The van der Waals surface area contributed by atoms with Crippen LogP contribution in [0.3, 0.4) is 0 Å². The Morgan fingerprint density at radius 3 is 2.56 bits per heavy atom. The lowest BCUT2D eigenvalue weighted by atomic mass is 9.86. The first kappa shape index (κ1) is 16.4. The molecule has 2 unspecified atom stereocenters. The number of carbonyl (C=O) groups excluding carboxylic acids is 1. The fourth-order valence-electron chi connectivity index (χ4n) is 3.70. The smallest absolute Gasteiger partial charge is 0.276 e. The van der Waals surface area contributed by atoms with Crippen molar-refractivity contribution in [2.45, 2.75) is 44.4 Å². The molecule has 1 amide bonds. The summed E-state index contributed by atoms with van der Waals surface area (Å²) in [5, 5.41) is 4.66. The first-order valence-corrected chi connectivity index (χ1v) is 9.60. The van der Waals surface area contributed by atoms with Crippen LogP contribution in [0.5, 0.6) is 0 Å². The van der Waals surface area contributed by atoms with Crippen molar-refractivity contribution in [2.24, 2.45) is 0 Å². The molecule has 2 aromatic heterocycles. The molecule has 8 heteroatoms. The number of carbonyl (C=O) groups is 1. The number of piperazine rings is 1. The van der Waals surface area contributed by atoms with Gasteiger partial charge < -0.3 is 14.3 Å². The van der Waals surface area contributed by atoms with E-state index in [1.54, 1.807) is 24.8 Å². The molecule has 5 rings (SSSR count). The second kappa shape index (κ2) is 6.01. The summed E-state index contributed by atoms with van der Waals surface area (Å²) in [7, 11) is 0. The number of fused-ring (bicyclic) bond motifs is 2. The van der Waals surface area contributed by atoms with Gasteiger partial charge in [-0.3, -0.25) is 4.79 Å². The minimum Gasteiger partial charge on any atom is -0.361 e. The zero-order valence-electron chi connectivity index (χ0n) is 14.8. The van der Waals surface area contributed by atoms with E-state index >= 15 is 0 Å². The Kier molecular flexibility index (Phi) is 3.94. The molecule has 132 valence electrons. The van der Waals surface area contributed by atoms with Gasteiger partial charge in [-0.15, -0.1) is 0 Å². The van der Waals surface area contributed by atoms with Crippen molar-refractivity contribution < 1.29 is 9.32 Å². The number of piperidine rings is 1. The molecule has 3 aliphatic rings. The molecule has 3 aliphatic heterocycles. The van der Waals surface area contributed by atoms with Crippen LogP contribution in [-0.4, -0.2) is 57.4 Å². The maximum Gasteiger partial charge on any atom is 0.276 e. The van der Waals surface area contributed by atoms with Crippen molar-refractivity contribution in [3.8, 4) is 0 Å². The lowest BCUT2D eigenvalue weighted by Gasteiger charge is -2.56. The third kappa shape index (κ3) is 2.68. The Morgan fingerprint density at radius 2 is 1.96 bits per heavy atom. The number of rotatable bonds is 3. The Hall–Kier alpha value is -2.09. The van der Waals surface area contributed by atoms with Gasteiger partial charge in [0.1, 0.15) is 11.6 Å². The van der Waals surface area contributed by atoms with E-state index in [1.165, 1.54) is 0 Å². The zero-order valence-corrected chi connectivity index (χ0v) is 15.6. The van der Waals surface area contributed by atoms with Gasteiger partial charge in [0.15, 0.2) is 10.9 Å². The van der Waals surface area contributed by atoms with Crippen molar-refractivity contribution in [1.82, 2.24) is 20.0 Å². The van der Waals surface area contributed by atoms with E-state index in [-0.39, 0.29) is 18.0 Å². The van der Waals surface area contributed by atoms with E-state index in [2.05, 4.69) is 22.0 Å². The van der Waals surface area contributed by atoms with E-state index in [9.17, 15) is 4.79 Å². The Labute approximate surface area is 150 Å². The molecule has 25 heavy (non-hydrogen) atoms. The highest BCUT2D eigenvalue weighted by atomic mass is 32.2. The summed E-state index contributed by atoms with van der Waals surface area (Å²) >= 11 is 1.55. The molecule has 0 saturated carbocycles. The molecule has 3 saturated heterocycles. The quantitative estimate of drug-likeness (QED) is 0.614. The normalized spacial score (nSPS) is 22.1. The molecular formula is C17H21N5O2S. The van der Waals surface area contributed by atoms with Gasteiger partial charge in [-0.1, -0.05) is 16.9 Å². The summed E-state index contributed by atoms with van der Waals surface area (Å²) in [5.41, 5.74) is 2.53. The van der Waals surface area contributed by atoms with Crippen LogP contribution < -0.4 is 4.90 Å². The highest BCUT2D eigenvalue weighted by Gasteiger charge is 2.48. The van der Waals surface area contributed by atoms with Gasteiger partial charge in [-0.05, 0) is 33.4 Å². The van der Waals surface area contributed by atoms with Gasteiger partial charge in [0.2, 0.25) is 0 Å². The third-order valence-corrected chi connectivity index (χ3v) is 5.65. The molecule has 0 N–H and O–H groups in total. The Morgan fingerprint density at radius 1 is 1.24 bits per heavy atom. The number of hydrogen-bond donors (Lipinski definition) is 0. The summed E-state index contributed by atoms with van der Waals surface area (Å²) in [6.45, 7) is 7.48. The monoisotopic (exact) mass is 359 g/mol. The molecule has 2 atom stereocenters. The van der Waals surface area contributed by atoms with E-state index < -0.39 is 0 Å². The Balaban J connectivity index is 1.54. The van der Waals surface area contributed by atoms with E-state index in [4.69, 9.17) is 9.51 Å². The molecule has 2 bridgehead atoms. The minimum absolute atomic E-state index is 0.0295. The van der Waals surface area contributed by atoms with Crippen LogP contribution in [0.1, 0.15) is 33.9 Å². The van der Waals surface area contributed by atoms with E-state index in [0.717, 1.165) is 41.7 Å². The molecule has 5 heterocycles. The molecule has 0 aliphatic carbocycles. The van der Waals surface area contributed by atoms with Crippen molar-refractivity contribution in [3.05, 3.63) is 28.8 Å². The average Bonchev–Trinajstić information content (AvgIpc) is 3.03. The van der Waals surface area contributed by atoms with Crippen molar-refractivity contribution in [3.63, 3.8) is 0 Å². The molecule has 3 fully saturated rings. The van der Waals surface area contributed by atoms with E-state index in [1.807, 2.05) is 18.1 Å². The SMILES string of the molecule is CSc1nc(C)c(C)c(N2CC3CC(C2)N3C(=O)c2cc(C)on2)n1. The lowest BCUT2D eigenvalue weighted by Crippen LogP contribution is -2.70. The first-order chi connectivity index (χ1) is 12.0. The standard InChI is InChI=1S/C17H21N5O2S/c1-9-5-14(20-24-9)16(23)22-12-6-13(22)8-21(7-12)15-10(2)11(3)18-17(19-15)25-4/h5,12-13H,6-8H2,1-4H3. The lowest BCUT2D eigenvalue weighted by molar-refractivity contribution is 0.00487. The van der Waals surface area contributed by atoms with Crippen LogP contribution in [0.15, 0.2) is 15.7 Å². The van der Waals surface area contributed by atoms with Gasteiger partial charge in [0, 0.05) is 30.4 Å². The zero-order chi connectivity index (χ0) is 17.7. The molecule has 0 radical (unpaired) electrons. The fourth-order valence-corrected chi connectivity index (χ4v) is 4.11. The number of aryl methyl sites for hydroxylation is 2. The number of thioether (sulfide) groups is 1. The van der Waals surface area contributed by atoms with Gasteiger partial charge >= 0.3 is 0 Å². The van der Waals surface area contributed by atoms with E-state index in [0.29, 0.717) is 11.5 Å². The summed E-state index contributed by atoms with van der Waals surface area (Å²) < 4.78 is 5.04. The predicted octanol–water partition coefficient (Wildman–Crippen LogP) is 2.22. The highest BCUT2D eigenvalue weighted by molar-refractivity contribution is 7.98. The fraction of sp³-hybridized carbons (Fsp3) is 0.529. The van der Waals surface area contributed by atoms with Crippen molar-refractivity contribution in [1.29, 1.82) is 0 Å². The van der Waals surface area contributed by atoms with Gasteiger partial charge in [-0.25, -0.2) is 9.97 Å². The van der Waals surface area contributed by atoms with Gasteiger partial charge in [0.25, 0.3) is 5.91 Å². The van der Waals surface area contributed by atoms with Crippen LogP contribution in [0.2, 0.25) is 0 Å². The number of hydrogen-bond acceptors (Lipinski definition) is 7. The topological polar surface area (TPSA) is 75.4 Å². The average molecular weight is 359 g/mol. The number of amides is 1. The summed E-state index contributed by atoms with van der Waals surface area (Å²) in [5.74, 6) is 1.63. The van der Waals surface area contributed by atoms with Crippen LogP contribution in [0.25, 0.3) is 0 Å². The van der Waals surface area contributed by atoms with Crippen molar-refractivity contribution in [2.75, 3.05) is 24.2 Å². The largest absolute Gasteiger partial charge is 0.361 e. The minimum atomic E-state index is -0.0295. The molecule has 0 spiro atoms. The Bertz CT molecular complexity index is 824. The molecule has 0 aromatic carbocycles. The number of nitrogens with zero attached hydrogens (tertiary/aromatic N) is 5. The molecule has 7 nitrogen and oxygen atoms in total. The van der Waals surface area contributed by atoms with Crippen LogP contribution in [-0.2, 0) is 0 Å². The van der Waals surface area contributed by atoms with Crippen LogP contribution in [0.4, 0.5) is 5.82 Å². The van der Waals surface area contributed by atoms with Crippen LogP contribution in [0, 0.1) is 20.8 Å². The summed E-state index contributed by atoms with van der Waals surface area (Å²) in [4.78, 5) is 26.1. The van der Waals surface area contributed by atoms with Crippen LogP contribution >= 0.6 is 11.8 Å². The van der Waals surface area contributed by atoms with Gasteiger partial charge in [-0.2, -0.15) is 0 Å². The first-order valence-electron chi connectivity index (χ1n) is 8.38. The maximum absolute atomic E-state index is 12.7. The maximum atomic E-state index is 12.7. The number of aromatic nitrogens is 3. The second-order valence-corrected chi connectivity index (χ2v) is 7.50. The molecule has 2 aromatic rings. The summed E-state index contributed by atoms with van der Waals surface area (Å²) in [6, 6.07) is 2.11.